The number of amides is 1. The summed E-state index contributed by atoms with van der Waals surface area (Å²) in [5.74, 6) is 0.198. The monoisotopic (exact) mass is 490 g/mol. The zero-order valence-corrected chi connectivity index (χ0v) is 17.5. The van der Waals surface area contributed by atoms with Crippen molar-refractivity contribution in [2.45, 2.75) is 4.90 Å². The van der Waals surface area contributed by atoms with Crippen LogP contribution in [0.4, 0.5) is 5.69 Å². The summed E-state index contributed by atoms with van der Waals surface area (Å²) in [7, 11) is -0.568. The quantitative estimate of drug-likeness (QED) is 0.671. The number of carbonyl (C=O) groups excluding carboxylic acids is 1. The molecule has 0 bridgehead atoms. The van der Waals surface area contributed by atoms with E-state index in [4.69, 9.17) is 4.74 Å². The van der Waals surface area contributed by atoms with E-state index in [2.05, 4.69) is 37.2 Å². The second kappa shape index (κ2) is 8.31. The fraction of sp³-hybridized carbons (Fsp3) is 0.188. The Morgan fingerprint density at radius 1 is 1.12 bits per heavy atom. The van der Waals surface area contributed by atoms with Crippen LogP contribution in [0.15, 0.2) is 56.3 Å². The maximum absolute atomic E-state index is 12.0. The van der Waals surface area contributed by atoms with Gasteiger partial charge >= 0.3 is 0 Å². The molecule has 0 aliphatic rings. The van der Waals surface area contributed by atoms with Gasteiger partial charge in [-0.15, -0.1) is 0 Å². The zero-order valence-electron chi connectivity index (χ0n) is 13.5. The highest BCUT2D eigenvalue weighted by Gasteiger charge is 2.16. The van der Waals surface area contributed by atoms with Gasteiger partial charge in [-0.2, -0.15) is 0 Å². The number of benzene rings is 2. The largest absolute Gasteiger partial charge is 0.483 e. The van der Waals surface area contributed by atoms with E-state index in [9.17, 15) is 13.2 Å². The molecule has 2 rings (SSSR count). The first kappa shape index (κ1) is 19.9. The van der Waals surface area contributed by atoms with Crippen LogP contribution in [0.5, 0.6) is 5.75 Å². The van der Waals surface area contributed by atoms with E-state index in [-0.39, 0.29) is 17.4 Å². The number of rotatable bonds is 6. The number of anilines is 1. The number of sulfonamides is 1. The SMILES string of the molecule is CN(C)S(=O)(=O)c1ccc(NC(=O)COc2ccc(Br)cc2Br)cc1. The van der Waals surface area contributed by atoms with Gasteiger partial charge in [0.1, 0.15) is 5.75 Å². The third kappa shape index (κ3) is 5.27. The Kier molecular flexibility index (Phi) is 6.61. The second-order valence-electron chi connectivity index (χ2n) is 5.22. The summed E-state index contributed by atoms with van der Waals surface area (Å²) in [6, 6.07) is 11.3. The molecular formula is C16H16Br2N2O4S. The fourth-order valence-electron chi connectivity index (χ4n) is 1.85. The van der Waals surface area contributed by atoms with Crippen LogP contribution in [-0.4, -0.2) is 39.3 Å². The average molecular weight is 492 g/mol. The Balaban J connectivity index is 1.97. The molecular weight excluding hydrogens is 476 g/mol. The molecule has 6 nitrogen and oxygen atoms in total. The summed E-state index contributed by atoms with van der Waals surface area (Å²) in [6.45, 7) is -0.169. The summed E-state index contributed by atoms with van der Waals surface area (Å²) < 4.78 is 32.2. The molecule has 0 atom stereocenters. The summed E-state index contributed by atoms with van der Waals surface area (Å²) in [6.07, 6.45) is 0. The van der Waals surface area contributed by atoms with Crippen LogP contribution in [0.1, 0.15) is 0 Å². The number of nitrogens with zero attached hydrogens (tertiary/aromatic N) is 1. The maximum Gasteiger partial charge on any atom is 0.262 e. The molecule has 0 fully saturated rings. The Labute approximate surface area is 163 Å². The predicted octanol–water partition coefficient (Wildman–Crippen LogP) is 3.48. The molecule has 1 amide bonds. The fourth-order valence-corrected chi connectivity index (χ4v) is 3.92. The molecule has 25 heavy (non-hydrogen) atoms. The highest BCUT2D eigenvalue weighted by Crippen LogP contribution is 2.28. The van der Waals surface area contributed by atoms with Gasteiger partial charge in [0.15, 0.2) is 6.61 Å². The van der Waals surface area contributed by atoms with E-state index >= 15 is 0 Å². The number of hydrogen-bond acceptors (Lipinski definition) is 4. The van der Waals surface area contributed by atoms with E-state index in [1.165, 1.54) is 38.4 Å². The number of halogens is 2. The first-order valence-electron chi connectivity index (χ1n) is 7.10. The van der Waals surface area contributed by atoms with Crippen LogP contribution < -0.4 is 10.1 Å². The first-order valence-corrected chi connectivity index (χ1v) is 10.1. The van der Waals surface area contributed by atoms with Gasteiger partial charge < -0.3 is 10.1 Å². The van der Waals surface area contributed by atoms with Crippen LogP contribution >= 0.6 is 31.9 Å². The highest BCUT2D eigenvalue weighted by molar-refractivity contribution is 9.11. The molecule has 134 valence electrons. The lowest BCUT2D eigenvalue weighted by Crippen LogP contribution is -2.22. The van der Waals surface area contributed by atoms with E-state index in [1.54, 1.807) is 6.07 Å². The van der Waals surface area contributed by atoms with Crippen molar-refractivity contribution in [3.8, 4) is 5.75 Å². The van der Waals surface area contributed by atoms with Crippen LogP contribution in [0, 0.1) is 0 Å². The molecule has 0 unspecified atom stereocenters. The van der Waals surface area contributed by atoms with Crippen molar-refractivity contribution < 1.29 is 17.9 Å². The summed E-state index contributed by atoms with van der Waals surface area (Å²) in [5, 5.41) is 2.65. The average Bonchev–Trinajstić information content (AvgIpc) is 2.54. The smallest absolute Gasteiger partial charge is 0.262 e. The van der Waals surface area contributed by atoms with Crippen LogP contribution in [0.2, 0.25) is 0 Å². The number of carbonyl (C=O) groups is 1. The molecule has 0 aromatic heterocycles. The van der Waals surface area contributed by atoms with E-state index < -0.39 is 10.0 Å². The molecule has 2 aromatic carbocycles. The van der Waals surface area contributed by atoms with Crippen molar-refractivity contribution in [2.75, 3.05) is 26.0 Å². The van der Waals surface area contributed by atoms with Gasteiger partial charge in [0.25, 0.3) is 5.91 Å². The lowest BCUT2D eigenvalue weighted by Gasteiger charge is -2.12. The molecule has 9 heteroatoms. The third-order valence-corrected chi connectivity index (χ3v) is 6.11. The van der Waals surface area contributed by atoms with Crippen LogP contribution in [0.25, 0.3) is 0 Å². The van der Waals surface area contributed by atoms with Gasteiger partial charge in [-0.3, -0.25) is 4.79 Å². The Morgan fingerprint density at radius 2 is 1.76 bits per heavy atom. The van der Waals surface area contributed by atoms with Crippen molar-refractivity contribution in [1.82, 2.24) is 4.31 Å². The maximum atomic E-state index is 12.0. The molecule has 0 aliphatic heterocycles. The standard InChI is InChI=1S/C16H16Br2N2O4S/c1-20(2)25(22,23)13-6-4-12(5-7-13)19-16(21)10-24-15-8-3-11(17)9-14(15)18/h3-9H,10H2,1-2H3,(H,19,21). The minimum Gasteiger partial charge on any atom is -0.483 e. The molecule has 1 N–H and O–H groups in total. The van der Waals surface area contributed by atoms with Crippen LogP contribution in [0.3, 0.4) is 0 Å². The Bertz CT molecular complexity index is 868. The van der Waals surface area contributed by atoms with Crippen molar-refractivity contribution in [3.05, 3.63) is 51.4 Å². The van der Waals surface area contributed by atoms with Crippen molar-refractivity contribution in [2.24, 2.45) is 0 Å². The van der Waals surface area contributed by atoms with E-state index in [0.29, 0.717) is 11.4 Å². The molecule has 0 heterocycles. The van der Waals surface area contributed by atoms with E-state index in [0.717, 1.165) is 13.3 Å². The molecule has 0 saturated heterocycles. The van der Waals surface area contributed by atoms with E-state index in [1.807, 2.05) is 12.1 Å². The summed E-state index contributed by atoms with van der Waals surface area (Å²) in [4.78, 5) is 12.1. The molecule has 0 spiro atoms. The molecule has 0 radical (unpaired) electrons. The molecule has 2 aromatic rings. The van der Waals surface area contributed by atoms with Crippen molar-refractivity contribution in [3.63, 3.8) is 0 Å². The van der Waals surface area contributed by atoms with Gasteiger partial charge in [-0.25, -0.2) is 12.7 Å². The topological polar surface area (TPSA) is 75.7 Å². The minimum absolute atomic E-state index is 0.158. The van der Waals surface area contributed by atoms with Crippen LogP contribution in [-0.2, 0) is 14.8 Å². The second-order valence-corrected chi connectivity index (χ2v) is 9.15. The lowest BCUT2D eigenvalue weighted by atomic mass is 10.3. The predicted molar refractivity (Wildman–Crippen MR) is 103 cm³/mol. The highest BCUT2D eigenvalue weighted by atomic mass is 79.9. The molecule has 0 aliphatic carbocycles. The summed E-state index contributed by atoms with van der Waals surface area (Å²) >= 11 is 6.69. The Hall–Kier alpha value is -1.42. The number of nitrogens with one attached hydrogen (secondary N) is 1. The van der Waals surface area contributed by atoms with Gasteiger partial charge in [0.05, 0.1) is 9.37 Å². The minimum atomic E-state index is -3.49. The first-order chi connectivity index (χ1) is 11.7. The zero-order chi connectivity index (χ0) is 18.6. The van der Waals surface area contributed by atoms with Gasteiger partial charge in [-0.05, 0) is 58.4 Å². The molecule has 0 saturated carbocycles. The lowest BCUT2D eigenvalue weighted by molar-refractivity contribution is -0.118. The number of hydrogen-bond donors (Lipinski definition) is 1. The van der Waals surface area contributed by atoms with Gasteiger partial charge in [-0.1, -0.05) is 15.9 Å². The normalized spacial score (nSPS) is 11.4. The third-order valence-electron chi connectivity index (χ3n) is 3.17. The van der Waals surface area contributed by atoms with Gasteiger partial charge in [0, 0.05) is 24.3 Å². The van der Waals surface area contributed by atoms with Gasteiger partial charge in [0.2, 0.25) is 10.0 Å². The van der Waals surface area contributed by atoms with Crippen molar-refractivity contribution >= 4 is 53.5 Å². The Morgan fingerprint density at radius 3 is 2.32 bits per heavy atom. The number of ether oxygens (including phenoxy) is 1. The summed E-state index contributed by atoms with van der Waals surface area (Å²) in [5.41, 5.74) is 0.487. The van der Waals surface area contributed by atoms with Crippen molar-refractivity contribution in [1.29, 1.82) is 0 Å².